The summed E-state index contributed by atoms with van der Waals surface area (Å²) in [7, 11) is 0. The second kappa shape index (κ2) is 5.45. The lowest BCUT2D eigenvalue weighted by Gasteiger charge is -2.20. The molecular formula is C12H15N3O2. The van der Waals surface area contributed by atoms with Crippen molar-refractivity contribution in [3.8, 4) is 0 Å². The van der Waals surface area contributed by atoms with Crippen LogP contribution >= 0.6 is 0 Å². The van der Waals surface area contributed by atoms with Gasteiger partial charge in [0.05, 0.1) is 37.5 Å². The number of aromatic nitrogens is 2. The predicted octanol–water partition coefficient (Wildman–Crippen LogP) is 1.59. The summed E-state index contributed by atoms with van der Waals surface area (Å²) in [5.41, 5.74) is 0.572. The quantitative estimate of drug-likeness (QED) is 0.849. The number of hydrogen-bond acceptors (Lipinski definition) is 5. The Morgan fingerprint density at radius 2 is 2.24 bits per heavy atom. The van der Waals surface area contributed by atoms with Crippen molar-refractivity contribution in [3.05, 3.63) is 42.2 Å². The number of aliphatic hydroxyl groups excluding tert-OH is 1. The highest BCUT2D eigenvalue weighted by atomic mass is 16.3. The molecule has 2 heterocycles. The van der Waals surface area contributed by atoms with Crippen LogP contribution < -0.4 is 4.90 Å². The van der Waals surface area contributed by atoms with E-state index in [2.05, 4.69) is 9.97 Å². The smallest absolute Gasteiger partial charge is 0.147 e. The third kappa shape index (κ3) is 2.82. The second-order valence-corrected chi connectivity index (χ2v) is 3.62. The predicted molar refractivity (Wildman–Crippen MR) is 63.4 cm³/mol. The molecule has 2 aromatic heterocycles. The molecule has 0 radical (unpaired) electrons. The largest absolute Gasteiger partial charge is 0.467 e. The molecule has 5 heteroatoms. The molecular weight excluding hydrogens is 218 g/mol. The molecule has 0 aliphatic heterocycles. The Kier molecular flexibility index (Phi) is 3.72. The van der Waals surface area contributed by atoms with Gasteiger partial charge in [-0.05, 0) is 19.1 Å². The number of aliphatic hydroxyl groups is 1. The number of rotatable bonds is 5. The first-order valence-electron chi connectivity index (χ1n) is 5.52. The lowest BCUT2D eigenvalue weighted by atomic mass is 10.4. The Balaban J connectivity index is 2.11. The summed E-state index contributed by atoms with van der Waals surface area (Å²) >= 11 is 0. The maximum absolute atomic E-state index is 8.90. The first-order chi connectivity index (χ1) is 8.33. The molecule has 0 unspecified atom stereocenters. The van der Waals surface area contributed by atoms with Crippen LogP contribution in [0.1, 0.15) is 18.4 Å². The van der Waals surface area contributed by atoms with Gasteiger partial charge in [0.25, 0.3) is 0 Å². The topological polar surface area (TPSA) is 62.4 Å². The molecule has 0 aliphatic carbocycles. The van der Waals surface area contributed by atoms with Gasteiger partial charge in [-0.15, -0.1) is 0 Å². The van der Waals surface area contributed by atoms with E-state index in [1.54, 1.807) is 18.7 Å². The molecule has 5 nitrogen and oxygen atoms in total. The molecule has 0 saturated carbocycles. The molecule has 0 aromatic carbocycles. The Morgan fingerprint density at radius 3 is 2.76 bits per heavy atom. The summed E-state index contributed by atoms with van der Waals surface area (Å²) in [4.78, 5) is 10.4. The Labute approximate surface area is 99.7 Å². The van der Waals surface area contributed by atoms with Crippen LogP contribution in [-0.4, -0.2) is 21.6 Å². The summed E-state index contributed by atoms with van der Waals surface area (Å²) in [6, 6.07) is 3.79. The highest BCUT2D eigenvalue weighted by molar-refractivity contribution is 5.35. The van der Waals surface area contributed by atoms with Crippen LogP contribution in [-0.2, 0) is 13.2 Å². The van der Waals surface area contributed by atoms with Crippen molar-refractivity contribution in [1.29, 1.82) is 0 Å². The number of furan rings is 1. The van der Waals surface area contributed by atoms with Gasteiger partial charge in [-0.3, -0.25) is 4.98 Å². The molecule has 1 N–H and O–H groups in total. The molecule has 17 heavy (non-hydrogen) atoms. The minimum Gasteiger partial charge on any atom is -0.467 e. The maximum Gasteiger partial charge on any atom is 0.147 e. The van der Waals surface area contributed by atoms with Crippen LogP contribution in [0.25, 0.3) is 0 Å². The zero-order valence-electron chi connectivity index (χ0n) is 9.71. The fourth-order valence-corrected chi connectivity index (χ4v) is 1.54. The van der Waals surface area contributed by atoms with Gasteiger partial charge >= 0.3 is 0 Å². The molecule has 0 amide bonds. The summed E-state index contributed by atoms with van der Waals surface area (Å²) in [6.45, 7) is 3.44. The molecule has 0 saturated heterocycles. The molecule has 0 atom stereocenters. The highest BCUT2D eigenvalue weighted by Crippen LogP contribution is 2.13. The van der Waals surface area contributed by atoms with Crippen LogP contribution in [0, 0.1) is 0 Å². The number of anilines is 1. The standard InChI is InChI=1S/C12H15N3O2/c1-2-15(8-11-4-3-5-17-11)12-7-13-10(9-16)6-14-12/h3-7,16H,2,8-9H2,1H3. The van der Waals surface area contributed by atoms with E-state index >= 15 is 0 Å². The van der Waals surface area contributed by atoms with Crippen LogP contribution in [0.15, 0.2) is 35.2 Å². The van der Waals surface area contributed by atoms with E-state index in [0.29, 0.717) is 12.2 Å². The van der Waals surface area contributed by atoms with E-state index in [9.17, 15) is 0 Å². The van der Waals surface area contributed by atoms with Gasteiger partial charge in [-0.2, -0.15) is 0 Å². The molecule has 90 valence electrons. The van der Waals surface area contributed by atoms with Crippen LogP contribution in [0.5, 0.6) is 0 Å². The van der Waals surface area contributed by atoms with Crippen molar-refractivity contribution in [3.63, 3.8) is 0 Å². The average molecular weight is 233 g/mol. The SMILES string of the molecule is CCN(Cc1ccco1)c1cnc(CO)cn1. The van der Waals surface area contributed by atoms with Crippen molar-refractivity contribution >= 4 is 5.82 Å². The van der Waals surface area contributed by atoms with E-state index in [-0.39, 0.29) is 6.61 Å². The lowest BCUT2D eigenvalue weighted by Crippen LogP contribution is -2.23. The van der Waals surface area contributed by atoms with Gasteiger partial charge < -0.3 is 14.4 Å². The highest BCUT2D eigenvalue weighted by Gasteiger charge is 2.08. The summed E-state index contributed by atoms with van der Waals surface area (Å²) in [6.07, 6.45) is 4.90. The molecule has 0 aliphatic rings. The monoisotopic (exact) mass is 233 g/mol. The average Bonchev–Trinajstić information content (AvgIpc) is 2.89. The Morgan fingerprint density at radius 1 is 1.35 bits per heavy atom. The van der Waals surface area contributed by atoms with Crippen molar-refractivity contribution in [2.75, 3.05) is 11.4 Å². The fourth-order valence-electron chi connectivity index (χ4n) is 1.54. The van der Waals surface area contributed by atoms with Gasteiger partial charge in [0.2, 0.25) is 0 Å². The molecule has 0 spiro atoms. The van der Waals surface area contributed by atoms with Gasteiger partial charge in [0.1, 0.15) is 11.6 Å². The van der Waals surface area contributed by atoms with Crippen LogP contribution in [0.4, 0.5) is 5.82 Å². The summed E-state index contributed by atoms with van der Waals surface area (Å²) < 4.78 is 5.30. The van der Waals surface area contributed by atoms with E-state index < -0.39 is 0 Å². The van der Waals surface area contributed by atoms with Crippen molar-refractivity contribution < 1.29 is 9.52 Å². The summed E-state index contributed by atoms with van der Waals surface area (Å²) in [5.74, 6) is 1.67. The Bertz CT molecular complexity index is 439. The van der Waals surface area contributed by atoms with Crippen LogP contribution in [0.2, 0.25) is 0 Å². The zero-order chi connectivity index (χ0) is 12.1. The molecule has 0 fully saturated rings. The Hall–Kier alpha value is -1.88. The fraction of sp³-hybridized carbons (Fsp3) is 0.333. The molecule has 0 bridgehead atoms. The third-order valence-electron chi connectivity index (χ3n) is 2.49. The van der Waals surface area contributed by atoms with Gasteiger partial charge in [0, 0.05) is 6.54 Å². The molecule has 2 rings (SSSR count). The van der Waals surface area contributed by atoms with Crippen molar-refractivity contribution in [1.82, 2.24) is 9.97 Å². The first-order valence-corrected chi connectivity index (χ1v) is 5.52. The van der Waals surface area contributed by atoms with Crippen molar-refractivity contribution in [2.24, 2.45) is 0 Å². The number of nitrogens with zero attached hydrogens (tertiary/aromatic N) is 3. The van der Waals surface area contributed by atoms with Crippen molar-refractivity contribution in [2.45, 2.75) is 20.1 Å². The normalized spacial score (nSPS) is 10.5. The van der Waals surface area contributed by atoms with E-state index in [1.165, 1.54) is 0 Å². The minimum absolute atomic E-state index is 0.0857. The van der Waals surface area contributed by atoms with Gasteiger partial charge in [-0.25, -0.2) is 4.98 Å². The maximum atomic E-state index is 8.90. The van der Waals surface area contributed by atoms with E-state index in [1.807, 2.05) is 24.0 Å². The molecule has 2 aromatic rings. The van der Waals surface area contributed by atoms with E-state index in [4.69, 9.17) is 9.52 Å². The van der Waals surface area contributed by atoms with Gasteiger partial charge in [-0.1, -0.05) is 0 Å². The van der Waals surface area contributed by atoms with Gasteiger partial charge in [0.15, 0.2) is 0 Å². The zero-order valence-corrected chi connectivity index (χ0v) is 9.71. The lowest BCUT2D eigenvalue weighted by molar-refractivity contribution is 0.276. The van der Waals surface area contributed by atoms with Crippen LogP contribution in [0.3, 0.4) is 0 Å². The number of hydrogen-bond donors (Lipinski definition) is 1. The second-order valence-electron chi connectivity index (χ2n) is 3.62. The van der Waals surface area contributed by atoms with E-state index in [0.717, 1.165) is 18.1 Å². The minimum atomic E-state index is -0.0857. The summed E-state index contributed by atoms with van der Waals surface area (Å²) in [5, 5.41) is 8.90. The first kappa shape index (κ1) is 11.6. The third-order valence-corrected chi connectivity index (χ3v) is 2.49.